The average Bonchev–Trinajstić information content (AvgIpc) is 3.86. The molecule has 0 saturated carbocycles. The first kappa shape index (κ1) is 32.8. The normalized spacial score (nSPS) is 11.5. The van der Waals surface area contributed by atoms with Crippen LogP contribution in [0, 0.1) is 0 Å². The highest BCUT2D eigenvalue weighted by Crippen LogP contribution is 2.47. The van der Waals surface area contributed by atoms with Crippen LogP contribution in [0.25, 0.3) is 88.4 Å². The van der Waals surface area contributed by atoms with Gasteiger partial charge in [-0.3, -0.25) is 0 Å². The van der Waals surface area contributed by atoms with Gasteiger partial charge in [0.2, 0.25) is 0 Å². The van der Waals surface area contributed by atoms with Gasteiger partial charge >= 0.3 is 0 Å². The second-order valence-electron chi connectivity index (χ2n) is 14.5. The van der Waals surface area contributed by atoms with Gasteiger partial charge in [0, 0.05) is 44.2 Å². The Hall–Kier alpha value is -7.62. The van der Waals surface area contributed by atoms with Gasteiger partial charge < -0.3 is 13.7 Å². The Kier molecular flexibility index (Phi) is 7.82. The lowest BCUT2D eigenvalue weighted by molar-refractivity contribution is 0.663. The number of anilines is 3. The lowest BCUT2D eigenvalue weighted by Crippen LogP contribution is -2.10. The molecule has 3 nitrogen and oxygen atoms in total. The number of benzene rings is 9. The highest BCUT2D eigenvalue weighted by atomic mass is 16.3. The first-order chi connectivity index (χ1) is 28.2. The molecule has 2 aromatic heterocycles. The summed E-state index contributed by atoms with van der Waals surface area (Å²) in [4.78, 5) is 2.36. The van der Waals surface area contributed by atoms with Crippen molar-refractivity contribution in [3.63, 3.8) is 0 Å². The third kappa shape index (κ3) is 5.76. The van der Waals surface area contributed by atoms with Crippen LogP contribution < -0.4 is 4.90 Å². The molecule has 9 aromatic carbocycles. The third-order valence-corrected chi connectivity index (χ3v) is 11.1. The SMILES string of the molecule is c1ccc(-c2ccc(-c3cc(N(c4ccc(-c5ccccc5)cc4)c4ccc(-c5ccccc5)cc4)cc4c3oc3ccc5oc6ccccc6c5c34)cc2)cc1. The summed E-state index contributed by atoms with van der Waals surface area (Å²) in [6, 6.07) is 75.1. The van der Waals surface area contributed by atoms with E-state index < -0.39 is 0 Å². The van der Waals surface area contributed by atoms with E-state index in [9.17, 15) is 0 Å². The maximum Gasteiger partial charge on any atom is 0.143 e. The van der Waals surface area contributed by atoms with Crippen LogP contribution in [-0.2, 0) is 0 Å². The molecule has 0 aliphatic rings. The van der Waals surface area contributed by atoms with Gasteiger partial charge in [-0.2, -0.15) is 0 Å². The molecule has 0 bridgehead atoms. The van der Waals surface area contributed by atoms with Crippen LogP contribution in [0.3, 0.4) is 0 Å². The Bertz CT molecular complexity index is 3100. The molecule has 2 heterocycles. The zero-order valence-electron chi connectivity index (χ0n) is 31.0. The molecule has 0 aliphatic heterocycles. The minimum atomic E-state index is 0.828. The molecule has 11 rings (SSSR count). The second-order valence-corrected chi connectivity index (χ2v) is 14.5. The molecule has 0 fully saturated rings. The highest BCUT2D eigenvalue weighted by molar-refractivity contribution is 6.27. The summed E-state index contributed by atoms with van der Waals surface area (Å²) in [5, 5.41) is 4.23. The standard InChI is InChI=1S/C54H35NO2/c1-4-12-36(13-5-1)39-20-22-42(23-21-39)47-34-45(35-48-53-51(57-54(47)48)33-32-50-52(53)46-18-10-11-19-49(46)56-50)55(43-28-24-40(25-29-43)37-14-6-2-7-15-37)44-30-26-41(27-31-44)38-16-8-3-9-17-38/h1-35H. The quantitative estimate of drug-likeness (QED) is 0.164. The molecule has 57 heavy (non-hydrogen) atoms. The molecule has 0 N–H and O–H groups in total. The molecule has 3 heteroatoms. The van der Waals surface area contributed by atoms with Crippen molar-refractivity contribution in [2.24, 2.45) is 0 Å². The molecular formula is C54H35NO2. The van der Waals surface area contributed by atoms with Crippen LogP contribution in [0.15, 0.2) is 221 Å². The van der Waals surface area contributed by atoms with E-state index in [0.717, 1.165) is 72.1 Å². The summed E-state index contributed by atoms with van der Waals surface area (Å²) >= 11 is 0. The number of hydrogen-bond donors (Lipinski definition) is 0. The Morgan fingerprint density at radius 1 is 0.281 bits per heavy atom. The maximum atomic E-state index is 6.89. The van der Waals surface area contributed by atoms with Crippen LogP contribution in [0.1, 0.15) is 0 Å². The van der Waals surface area contributed by atoms with E-state index in [1.54, 1.807) is 0 Å². The first-order valence-corrected chi connectivity index (χ1v) is 19.3. The average molecular weight is 730 g/mol. The number of furan rings is 2. The number of hydrogen-bond acceptors (Lipinski definition) is 3. The number of para-hydroxylation sites is 1. The summed E-state index contributed by atoms with van der Waals surface area (Å²) in [7, 11) is 0. The van der Waals surface area contributed by atoms with Crippen LogP contribution in [-0.4, -0.2) is 0 Å². The fourth-order valence-corrected chi connectivity index (χ4v) is 8.30. The smallest absolute Gasteiger partial charge is 0.143 e. The van der Waals surface area contributed by atoms with E-state index in [2.05, 4.69) is 193 Å². The van der Waals surface area contributed by atoms with Gasteiger partial charge in [-0.1, -0.05) is 158 Å². The molecule has 0 aliphatic carbocycles. The molecule has 0 atom stereocenters. The van der Waals surface area contributed by atoms with Crippen molar-refractivity contribution in [1.82, 2.24) is 0 Å². The van der Waals surface area contributed by atoms with Gasteiger partial charge in [0.15, 0.2) is 0 Å². The summed E-state index contributed by atoms with van der Waals surface area (Å²) in [6.45, 7) is 0. The minimum absolute atomic E-state index is 0.828. The summed E-state index contributed by atoms with van der Waals surface area (Å²) in [5.74, 6) is 0. The largest absolute Gasteiger partial charge is 0.456 e. The van der Waals surface area contributed by atoms with Gasteiger partial charge in [0.25, 0.3) is 0 Å². The van der Waals surface area contributed by atoms with Crippen LogP contribution in [0.5, 0.6) is 0 Å². The van der Waals surface area contributed by atoms with Crippen LogP contribution >= 0.6 is 0 Å². The molecule has 0 amide bonds. The molecule has 268 valence electrons. The van der Waals surface area contributed by atoms with E-state index in [1.807, 2.05) is 24.3 Å². The molecule has 0 spiro atoms. The van der Waals surface area contributed by atoms with Gasteiger partial charge in [0.1, 0.15) is 22.3 Å². The minimum Gasteiger partial charge on any atom is -0.456 e. The van der Waals surface area contributed by atoms with E-state index in [4.69, 9.17) is 8.83 Å². The van der Waals surface area contributed by atoms with Crippen molar-refractivity contribution < 1.29 is 8.83 Å². The van der Waals surface area contributed by atoms with Gasteiger partial charge in [0.05, 0.1) is 0 Å². The van der Waals surface area contributed by atoms with Gasteiger partial charge in [-0.05, 0) is 93.5 Å². The van der Waals surface area contributed by atoms with Gasteiger partial charge in [-0.25, -0.2) is 0 Å². The van der Waals surface area contributed by atoms with Crippen LogP contribution in [0.2, 0.25) is 0 Å². The van der Waals surface area contributed by atoms with Crippen molar-refractivity contribution in [1.29, 1.82) is 0 Å². The fourth-order valence-electron chi connectivity index (χ4n) is 8.30. The van der Waals surface area contributed by atoms with E-state index >= 15 is 0 Å². The maximum absolute atomic E-state index is 6.89. The summed E-state index contributed by atoms with van der Waals surface area (Å²) in [6.07, 6.45) is 0. The lowest BCUT2D eigenvalue weighted by atomic mass is 9.96. The Labute approximate surface area is 330 Å². The van der Waals surface area contributed by atoms with Crippen LogP contribution in [0.4, 0.5) is 17.1 Å². The zero-order chi connectivity index (χ0) is 37.7. The molecule has 0 radical (unpaired) electrons. The Morgan fingerprint density at radius 2 is 0.702 bits per heavy atom. The summed E-state index contributed by atoms with van der Waals surface area (Å²) < 4.78 is 13.3. The lowest BCUT2D eigenvalue weighted by Gasteiger charge is -2.27. The van der Waals surface area contributed by atoms with Gasteiger partial charge in [-0.15, -0.1) is 0 Å². The third-order valence-electron chi connectivity index (χ3n) is 11.1. The topological polar surface area (TPSA) is 29.5 Å². The fraction of sp³-hybridized carbons (Fsp3) is 0. The van der Waals surface area contributed by atoms with E-state index in [-0.39, 0.29) is 0 Å². The van der Waals surface area contributed by atoms with E-state index in [1.165, 1.54) is 33.4 Å². The summed E-state index contributed by atoms with van der Waals surface area (Å²) in [5.41, 5.74) is 15.7. The number of fused-ring (bicyclic) bond motifs is 7. The number of nitrogens with zero attached hydrogens (tertiary/aromatic N) is 1. The predicted octanol–water partition coefficient (Wildman–Crippen LogP) is 15.6. The van der Waals surface area contributed by atoms with Crippen molar-refractivity contribution >= 4 is 60.9 Å². The first-order valence-electron chi connectivity index (χ1n) is 19.3. The van der Waals surface area contributed by atoms with Crippen molar-refractivity contribution in [3.05, 3.63) is 212 Å². The molecule has 0 saturated heterocycles. The second kappa shape index (κ2) is 13.6. The van der Waals surface area contributed by atoms with Crippen molar-refractivity contribution in [2.45, 2.75) is 0 Å². The highest BCUT2D eigenvalue weighted by Gasteiger charge is 2.23. The van der Waals surface area contributed by atoms with Crippen molar-refractivity contribution in [2.75, 3.05) is 4.90 Å². The number of rotatable bonds is 7. The zero-order valence-corrected chi connectivity index (χ0v) is 31.0. The predicted molar refractivity (Wildman–Crippen MR) is 237 cm³/mol. The molecule has 0 unspecified atom stereocenters. The molecular weight excluding hydrogens is 695 g/mol. The van der Waals surface area contributed by atoms with Crippen molar-refractivity contribution in [3.8, 4) is 44.5 Å². The Morgan fingerprint density at radius 3 is 1.25 bits per heavy atom. The molecule has 11 aromatic rings. The Balaban J connectivity index is 1.16. The monoisotopic (exact) mass is 729 g/mol. The van der Waals surface area contributed by atoms with E-state index in [0.29, 0.717) is 0 Å².